The normalized spacial score (nSPS) is 11.3. The number of halogens is 7. The molecule has 0 atom stereocenters. The largest absolute Gasteiger partial charge is 0.417 e. The van der Waals surface area contributed by atoms with E-state index in [1.807, 2.05) is 5.32 Å². The van der Waals surface area contributed by atoms with Crippen molar-refractivity contribution < 1.29 is 26.3 Å². The third kappa shape index (κ3) is 4.06. The zero-order chi connectivity index (χ0) is 17.1. The van der Waals surface area contributed by atoms with Gasteiger partial charge in [0.1, 0.15) is 17.7 Å². The lowest BCUT2D eigenvalue weighted by Gasteiger charge is -2.16. The average molecular weight is 340 g/mol. The third-order valence-electron chi connectivity index (χ3n) is 2.32. The second-order valence-electron chi connectivity index (χ2n) is 3.81. The van der Waals surface area contributed by atoms with Gasteiger partial charge >= 0.3 is 12.4 Å². The molecule has 116 valence electrons. The second kappa shape index (κ2) is 6.16. The Morgan fingerprint density at radius 2 is 1.59 bits per heavy atom. The minimum atomic E-state index is -5.11. The summed E-state index contributed by atoms with van der Waals surface area (Å²) < 4.78 is 76.1. The summed E-state index contributed by atoms with van der Waals surface area (Å²) in [7, 11) is 0. The van der Waals surface area contributed by atoms with Crippen LogP contribution in [0.15, 0.2) is 23.9 Å². The Hall–Kier alpha value is -2.39. The van der Waals surface area contributed by atoms with Gasteiger partial charge in [0.05, 0.1) is 21.8 Å². The third-order valence-corrected chi connectivity index (χ3v) is 2.73. The number of hydrogen-bond donors (Lipinski definition) is 1. The average Bonchev–Trinajstić information content (AvgIpc) is 2.38. The van der Waals surface area contributed by atoms with E-state index in [1.165, 1.54) is 12.1 Å². The van der Waals surface area contributed by atoms with Crippen LogP contribution < -0.4 is 5.32 Å². The topological polar surface area (TPSA) is 59.6 Å². The molecule has 0 bridgehead atoms. The monoisotopic (exact) mass is 339 g/mol. The van der Waals surface area contributed by atoms with Crippen LogP contribution >= 0.6 is 11.6 Å². The molecule has 0 aromatic heterocycles. The smallest absolute Gasteiger partial charge is 0.359 e. The molecule has 1 aromatic rings. The van der Waals surface area contributed by atoms with Crippen molar-refractivity contribution in [3.63, 3.8) is 0 Å². The fourth-order valence-electron chi connectivity index (χ4n) is 1.34. The molecule has 0 unspecified atom stereocenters. The summed E-state index contributed by atoms with van der Waals surface area (Å²) >= 11 is 5.44. The van der Waals surface area contributed by atoms with Crippen molar-refractivity contribution in [3.8, 4) is 12.1 Å². The van der Waals surface area contributed by atoms with Gasteiger partial charge < -0.3 is 5.32 Å². The van der Waals surface area contributed by atoms with E-state index >= 15 is 0 Å². The summed E-state index contributed by atoms with van der Waals surface area (Å²) in [6.07, 6.45) is -9.48. The molecule has 0 heterocycles. The molecule has 0 saturated heterocycles. The first-order valence-electron chi connectivity index (χ1n) is 5.25. The van der Waals surface area contributed by atoms with Crippen molar-refractivity contribution in [3.05, 3.63) is 40.1 Å². The highest BCUT2D eigenvalue weighted by Crippen LogP contribution is 2.42. The number of nitriles is 2. The number of anilines is 1. The van der Waals surface area contributed by atoms with Crippen molar-refractivity contribution >= 4 is 17.3 Å². The van der Waals surface area contributed by atoms with E-state index in [0.29, 0.717) is 12.3 Å². The minimum absolute atomic E-state index is 0.118. The molecular weight excluding hydrogens is 336 g/mol. The van der Waals surface area contributed by atoms with E-state index in [-0.39, 0.29) is 6.07 Å². The number of nitrogens with zero attached hydrogens (tertiary/aromatic N) is 2. The predicted octanol–water partition coefficient (Wildman–Crippen LogP) is 4.72. The Morgan fingerprint density at radius 3 is 2.00 bits per heavy atom. The van der Waals surface area contributed by atoms with E-state index < -0.39 is 39.8 Å². The van der Waals surface area contributed by atoms with Gasteiger partial charge in [0.2, 0.25) is 0 Å². The summed E-state index contributed by atoms with van der Waals surface area (Å²) in [5.41, 5.74) is -4.54. The minimum Gasteiger partial charge on any atom is -0.359 e. The maximum absolute atomic E-state index is 12.7. The van der Waals surface area contributed by atoms with Crippen LogP contribution in [-0.2, 0) is 12.4 Å². The van der Waals surface area contributed by atoms with Crippen LogP contribution in [0.4, 0.5) is 32.0 Å². The zero-order valence-corrected chi connectivity index (χ0v) is 11.0. The number of hydrogen-bond acceptors (Lipinski definition) is 3. The van der Waals surface area contributed by atoms with Gasteiger partial charge in [-0.15, -0.1) is 0 Å². The lowest BCUT2D eigenvalue weighted by molar-refractivity contribution is -0.142. The first-order chi connectivity index (χ1) is 10.0. The molecule has 0 radical (unpaired) electrons. The van der Waals surface area contributed by atoms with Crippen molar-refractivity contribution in [1.29, 1.82) is 10.5 Å². The Bertz CT molecular complexity index is 675. The van der Waals surface area contributed by atoms with Crippen molar-refractivity contribution in [2.24, 2.45) is 0 Å². The predicted molar refractivity (Wildman–Crippen MR) is 64.4 cm³/mol. The van der Waals surface area contributed by atoms with Crippen molar-refractivity contribution in [2.45, 2.75) is 12.4 Å². The number of alkyl halides is 6. The zero-order valence-electron chi connectivity index (χ0n) is 10.3. The molecule has 1 aromatic carbocycles. The van der Waals surface area contributed by atoms with E-state index in [0.717, 1.165) is 0 Å². The molecule has 0 spiro atoms. The van der Waals surface area contributed by atoms with E-state index in [1.54, 1.807) is 0 Å². The van der Waals surface area contributed by atoms with Gasteiger partial charge in [-0.2, -0.15) is 36.9 Å². The lowest BCUT2D eigenvalue weighted by Crippen LogP contribution is -2.12. The first kappa shape index (κ1) is 17.7. The number of rotatable bonds is 2. The van der Waals surface area contributed by atoms with Gasteiger partial charge in [-0.05, 0) is 12.1 Å². The summed E-state index contributed by atoms with van der Waals surface area (Å²) in [5, 5.41) is 17.9. The van der Waals surface area contributed by atoms with Gasteiger partial charge in [0.15, 0.2) is 0 Å². The van der Waals surface area contributed by atoms with Crippen molar-refractivity contribution in [1.82, 2.24) is 0 Å². The van der Waals surface area contributed by atoms with Gasteiger partial charge in [-0.25, -0.2) is 0 Å². The molecule has 1 rings (SSSR count). The standard InChI is InChI=1S/C12H4ClF6N3/c13-10-8(12(17,18)19)1-7(11(14,15)16)2-9(10)22-5-6(3-20)4-21/h1-2,5,22H. The van der Waals surface area contributed by atoms with Gasteiger partial charge in [-0.3, -0.25) is 0 Å². The first-order valence-corrected chi connectivity index (χ1v) is 5.63. The van der Waals surface area contributed by atoms with Crippen LogP contribution in [0.1, 0.15) is 11.1 Å². The fourth-order valence-corrected chi connectivity index (χ4v) is 1.61. The highest BCUT2D eigenvalue weighted by atomic mass is 35.5. The van der Waals surface area contributed by atoms with E-state index in [4.69, 9.17) is 22.1 Å². The van der Waals surface area contributed by atoms with Gasteiger partial charge in [0, 0.05) is 6.20 Å². The molecule has 0 aliphatic carbocycles. The van der Waals surface area contributed by atoms with Crippen LogP contribution in [0.3, 0.4) is 0 Å². The van der Waals surface area contributed by atoms with Gasteiger partial charge in [-0.1, -0.05) is 11.6 Å². The summed E-state index contributed by atoms with van der Waals surface area (Å²) in [6, 6.07) is 2.99. The molecule has 22 heavy (non-hydrogen) atoms. The van der Waals surface area contributed by atoms with E-state index in [2.05, 4.69) is 0 Å². The molecule has 0 aliphatic heterocycles. The highest BCUT2D eigenvalue weighted by molar-refractivity contribution is 6.34. The summed E-state index contributed by atoms with van der Waals surface area (Å²) in [5.74, 6) is 0. The lowest BCUT2D eigenvalue weighted by atomic mass is 10.1. The van der Waals surface area contributed by atoms with Crippen molar-refractivity contribution in [2.75, 3.05) is 5.32 Å². The Balaban J connectivity index is 3.49. The summed E-state index contributed by atoms with van der Waals surface area (Å²) in [6.45, 7) is 0. The Kier molecular flexibility index (Phi) is 4.94. The number of nitrogens with one attached hydrogen (secondary N) is 1. The molecule has 0 saturated carbocycles. The van der Waals surface area contributed by atoms with Crippen LogP contribution in [0, 0.1) is 22.7 Å². The Morgan fingerprint density at radius 1 is 1.05 bits per heavy atom. The molecule has 10 heteroatoms. The number of allylic oxidation sites excluding steroid dienone is 1. The molecule has 0 aliphatic rings. The fraction of sp³-hybridized carbons (Fsp3) is 0.167. The second-order valence-corrected chi connectivity index (χ2v) is 4.18. The van der Waals surface area contributed by atoms with Crippen LogP contribution in [0.25, 0.3) is 0 Å². The molecular formula is C12H4ClF6N3. The van der Waals surface area contributed by atoms with Crippen LogP contribution in [0.5, 0.6) is 0 Å². The summed E-state index contributed by atoms with van der Waals surface area (Å²) in [4.78, 5) is 0. The SMILES string of the molecule is N#CC(C#N)=CNc1cc(C(F)(F)F)cc(C(F)(F)F)c1Cl. The van der Waals surface area contributed by atoms with Gasteiger partial charge in [0.25, 0.3) is 0 Å². The quantitative estimate of drug-likeness (QED) is 0.626. The molecule has 3 nitrogen and oxygen atoms in total. The number of benzene rings is 1. The molecule has 0 amide bonds. The molecule has 1 N–H and O–H groups in total. The van der Waals surface area contributed by atoms with Crippen LogP contribution in [0.2, 0.25) is 5.02 Å². The highest BCUT2D eigenvalue weighted by Gasteiger charge is 2.39. The molecule has 0 fully saturated rings. The Labute approximate surface area is 125 Å². The van der Waals surface area contributed by atoms with Crippen LogP contribution in [-0.4, -0.2) is 0 Å². The maximum Gasteiger partial charge on any atom is 0.417 e. The maximum atomic E-state index is 12.7. The van der Waals surface area contributed by atoms with E-state index in [9.17, 15) is 26.3 Å².